The summed E-state index contributed by atoms with van der Waals surface area (Å²) in [6.45, 7) is 2.98. The smallest absolute Gasteiger partial charge is 0.229 e. The average Bonchev–Trinajstić information content (AvgIpc) is 3.02. The van der Waals surface area contributed by atoms with Crippen LogP contribution in [0.4, 0.5) is 16.0 Å². The molecule has 0 amide bonds. The van der Waals surface area contributed by atoms with E-state index in [-0.39, 0.29) is 11.2 Å². The Morgan fingerprint density at radius 2 is 1.78 bits per heavy atom. The van der Waals surface area contributed by atoms with E-state index in [0.717, 1.165) is 29.9 Å². The molecule has 0 aliphatic heterocycles. The van der Waals surface area contributed by atoms with E-state index < -0.39 is 0 Å². The molecular formula is C18H23FN4. The minimum absolute atomic E-state index is 0.223. The molecule has 5 rings (SSSR count). The van der Waals surface area contributed by atoms with Crippen molar-refractivity contribution in [1.82, 2.24) is 14.8 Å². The number of halogens is 1. The topological polar surface area (TPSA) is 42.7 Å². The fraction of sp³-hybridized carbons (Fsp3) is 0.556. The Morgan fingerprint density at radius 1 is 1.13 bits per heavy atom. The highest BCUT2D eigenvalue weighted by Crippen LogP contribution is 2.51. The standard InChI is InChI=1S/C18H23FN4/c1-2-23-16(18-10-7-13(8-11-18)9-12-18)21-22-17(23)20-15-5-3-14(19)4-6-15/h3-6,13H,2,7-12H2,1H3,(H,20,22). The number of fused-ring (bicyclic) bond motifs is 3. The van der Waals surface area contributed by atoms with Crippen LogP contribution < -0.4 is 5.32 Å². The average molecular weight is 314 g/mol. The lowest BCUT2D eigenvalue weighted by Gasteiger charge is -2.45. The normalized spacial score (nSPS) is 26.4. The van der Waals surface area contributed by atoms with Gasteiger partial charge in [-0.2, -0.15) is 0 Å². The van der Waals surface area contributed by atoms with Gasteiger partial charge in [-0.15, -0.1) is 10.2 Å². The number of benzene rings is 1. The Bertz CT molecular complexity index is 670. The van der Waals surface area contributed by atoms with Crippen LogP contribution in [0.25, 0.3) is 0 Å². The van der Waals surface area contributed by atoms with Crippen molar-refractivity contribution in [2.24, 2.45) is 5.92 Å². The Kier molecular flexibility index (Phi) is 3.58. The predicted octanol–water partition coefficient (Wildman–Crippen LogP) is 4.40. The third-order valence-corrected chi connectivity index (χ3v) is 5.74. The molecule has 122 valence electrons. The lowest BCUT2D eigenvalue weighted by atomic mass is 9.60. The van der Waals surface area contributed by atoms with Crippen molar-refractivity contribution in [3.8, 4) is 0 Å². The maximum absolute atomic E-state index is 13.1. The molecule has 0 spiro atoms. The summed E-state index contributed by atoms with van der Waals surface area (Å²) in [6, 6.07) is 6.37. The van der Waals surface area contributed by atoms with Crippen LogP contribution in [0.3, 0.4) is 0 Å². The van der Waals surface area contributed by atoms with Gasteiger partial charge in [-0.1, -0.05) is 0 Å². The van der Waals surface area contributed by atoms with Gasteiger partial charge in [0.1, 0.15) is 11.6 Å². The van der Waals surface area contributed by atoms with Gasteiger partial charge in [0.25, 0.3) is 0 Å². The second-order valence-electron chi connectivity index (χ2n) is 6.99. The van der Waals surface area contributed by atoms with E-state index in [0.29, 0.717) is 0 Å². The lowest BCUT2D eigenvalue weighted by molar-refractivity contribution is 0.124. The van der Waals surface area contributed by atoms with Crippen LogP contribution in [0.5, 0.6) is 0 Å². The van der Waals surface area contributed by atoms with Gasteiger partial charge in [0.05, 0.1) is 0 Å². The zero-order chi connectivity index (χ0) is 15.9. The predicted molar refractivity (Wildman–Crippen MR) is 88.2 cm³/mol. The van der Waals surface area contributed by atoms with Crippen molar-refractivity contribution >= 4 is 11.6 Å². The fourth-order valence-electron chi connectivity index (χ4n) is 4.33. The third kappa shape index (κ3) is 2.52. The Balaban J connectivity index is 1.64. The minimum atomic E-state index is -0.231. The summed E-state index contributed by atoms with van der Waals surface area (Å²) in [5, 5.41) is 12.3. The highest BCUT2D eigenvalue weighted by molar-refractivity contribution is 5.53. The summed E-state index contributed by atoms with van der Waals surface area (Å²) < 4.78 is 15.3. The van der Waals surface area contributed by atoms with E-state index in [9.17, 15) is 4.39 Å². The number of nitrogens with zero attached hydrogens (tertiary/aromatic N) is 3. The van der Waals surface area contributed by atoms with Gasteiger partial charge in [0.15, 0.2) is 0 Å². The van der Waals surface area contributed by atoms with E-state index in [1.807, 2.05) is 0 Å². The third-order valence-electron chi connectivity index (χ3n) is 5.74. The molecule has 3 aliphatic carbocycles. The molecule has 3 saturated carbocycles. The Morgan fingerprint density at radius 3 is 2.39 bits per heavy atom. The van der Waals surface area contributed by atoms with Crippen LogP contribution in [0.1, 0.15) is 51.3 Å². The van der Waals surface area contributed by atoms with Gasteiger partial charge in [-0.3, -0.25) is 4.57 Å². The first-order chi connectivity index (χ1) is 11.2. The fourth-order valence-corrected chi connectivity index (χ4v) is 4.33. The molecule has 1 heterocycles. The molecule has 2 aromatic rings. The van der Waals surface area contributed by atoms with Gasteiger partial charge in [-0.25, -0.2) is 4.39 Å². The number of rotatable bonds is 4. The molecule has 4 nitrogen and oxygen atoms in total. The number of hydrogen-bond donors (Lipinski definition) is 1. The molecule has 1 aromatic heterocycles. The van der Waals surface area contributed by atoms with Gasteiger partial charge in [0.2, 0.25) is 5.95 Å². The number of anilines is 2. The largest absolute Gasteiger partial charge is 0.324 e. The van der Waals surface area contributed by atoms with Crippen molar-refractivity contribution in [2.45, 2.75) is 57.4 Å². The molecule has 0 unspecified atom stereocenters. The molecule has 5 heteroatoms. The zero-order valence-corrected chi connectivity index (χ0v) is 13.6. The molecule has 23 heavy (non-hydrogen) atoms. The summed E-state index contributed by atoms with van der Waals surface area (Å²) in [4.78, 5) is 0. The zero-order valence-electron chi connectivity index (χ0n) is 13.6. The summed E-state index contributed by atoms with van der Waals surface area (Å²) in [7, 11) is 0. The molecule has 0 atom stereocenters. The monoisotopic (exact) mass is 314 g/mol. The van der Waals surface area contributed by atoms with Crippen molar-refractivity contribution in [1.29, 1.82) is 0 Å². The molecule has 3 aliphatic rings. The van der Waals surface area contributed by atoms with Crippen molar-refractivity contribution < 1.29 is 4.39 Å². The quantitative estimate of drug-likeness (QED) is 0.909. The number of nitrogens with one attached hydrogen (secondary N) is 1. The van der Waals surface area contributed by atoms with Gasteiger partial charge in [-0.05, 0) is 75.6 Å². The summed E-state index contributed by atoms with van der Waals surface area (Å²) in [5.74, 6) is 2.61. The van der Waals surface area contributed by atoms with Crippen LogP contribution in [-0.2, 0) is 12.0 Å². The first-order valence-corrected chi connectivity index (χ1v) is 8.66. The molecule has 0 saturated heterocycles. The second-order valence-corrected chi connectivity index (χ2v) is 6.99. The summed E-state index contributed by atoms with van der Waals surface area (Å²) in [5.41, 5.74) is 1.06. The molecule has 2 bridgehead atoms. The van der Waals surface area contributed by atoms with E-state index in [2.05, 4.69) is 27.0 Å². The van der Waals surface area contributed by atoms with E-state index in [1.54, 1.807) is 12.1 Å². The van der Waals surface area contributed by atoms with Crippen LogP contribution in [0.2, 0.25) is 0 Å². The molecule has 1 N–H and O–H groups in total. The second kappa shape index (κ2) is 5.62. The van der Waals surface area contributed by atoms with E-state index in [4.69, 9.17) is 0 Å². The molecular weight excluding hydrogens is 291 g/mol. The van der Waals surface area contributed by atoms with E-state index in [1.165, 1.54) is 50.7 Å². The highest BCUT2D eigenvalue weighted by Gasteiger charge is 2.45. The van der Waals surface area contributed by atoms with Crippen LogP contribution in [0, 0.1) is 11.7 Å². The highest BCUT2D eigenvalue weighted by atomic mass is 19.1. The van der Waals surface area contributed by atoms with Gasteiger partial charge < -0.3 is 5.32 Å². The van der Waals surface area contributed by atoms with Gasteiger partial charge in [0, 0.05) is 17.6 Å². The lowest BCUT2D eigenvalue weighted by Crippen LogP contribution is -2.39. The molecule has 1 aromatic carbocycles. The summed E-state index contributed by atoms with van der Waals surface area (Å²) in [6.07, 6.45) is 7.72. The summed E-state index contributed by atoms with van der Waals surface area (Å²) >= 11 is 0. The maximum atomic E-state index is 13.1. The van der Waals surface area contributed by atoms with Crippen LogP contribution in [0.15, 0.2) is 24.3 Å². The van der Waals surface area contributed by atoms with Crippen molar-refractivity contribution in [2.75, 3.05) is 5.32 Å². The molecule has 0 radical (unpaired) electrons. The van der Waals surface area contributed by atoms with Crippen molar-refractivity contribution in [3.05, 3.63) is 35.9 Å². The van der Waals surface area contributed by atoms with Crippen molar-refractivity contribution in [3.63, 3.8) is 0 Å². The molecule has 3 fully saturated rings. The Hall–Kier alpha value is -1.91. The minimum Gasteiger partial charge on any atom is -0.324 e. The first-order valence-electron chi connectivity index (χ1n) is 8.66. The van der Waals surface area contributed by atoms with Gasteiger partial charge >= 0.3 is 0 Å². The maximum Gasteiger partial charge on any atom is 0.229 e. The van der Waals surface area contributed by atoms with E-state index >= 15 is 0 Å². The Labute approximate surface area is 136 Å². The number of hydrogen-bond acceptors (Lipinski definition) is 3. The number of aromatic nitrogens is 3. The van der Waals surface area contributed by atoms with Crippen LogP contribution >= 0.6 is 0 Å². The first kappa shape index (κ1) is 14.7. The van der Waals surface area contributed by atoms with Crippen LogP contribution in [-0.4, -0.2) is 14.8 Å². The SMILES string of the molecule is CCn1c(Nc2ccc(F)cc2)nnc1C12CCC(CC1)CC2.